The van der Waals surface area contributed by atoms with Crippen LogP contribution in [-0.2, 0) is 9.47 Å². The van der Waals surface area contributed by atoms with Crippen molar-refractivity contribution in [2.75, 3.05) is 50.2 Å². The van der Waals surface area contributed by atoms with Crippen molar-refractivity contribution in [3.05, 3.63) is 17.8 Å². The number of rotatable bonds is 6. The third-order valence-corrected chi connectivity index (χ3v) is 3.90. The van der Waals surface area contributed by atoms with Gasteiger partial charge in [-0.25, -0.2) is 4.98 Å². The van der Waals surface area contributed by atoms with E-state index in [0.29, 0.717) is 18.6 Å². The summed E-state index contributed by atoms with van der Waals surface area (Å²) in [6.07, 6.45) is 0. The molecule has 1 aromatic rings. The van der Waals surface area contributed by atoms with E-state index in [1.807, 2.05) is 0 Å². The van der Waals surface area contributed by atoms with Gasteiger partial charge in [0.05, 0.1) is 37.2 Å². The first-order valence-electron chi connectivity index (χ1n) is 7.67. The molecule has 0 radical (unpaired) electrons. The van der Waals surface area contributed by atoms with Gasteiger partial charge < -0.3 is 19.7 Å². The number of anilines is 2. The SMILES string of the molecule is COC[C@H](Nc1ccc(N2CCOCC2)nc1C)C(C)C. The van der Waals surface area contributed by atoms with Gasteiger partial charge in [-0.1, -0.05) is 13.8 Å². The molecule has 0 amide bonds. The lowest BCUT2D eigenvalue weighted by Gasteiger charge is -2.29. The van der Waals surface area contributed by atoms with Crippen LogP contribution in [0.5, 0.6) is 0 Å². The zero-order chi connectivity index (χ0) is 15.2. The molecule has 1 aliphatic heterocycles. The molecule has 1 aliphatic rings. The van der Waals surface area contributed by atoms with Gasteiger partial charge >= 0.3 is 0 Å². The number of pyridine rings is 1. The van der Waals surface area contributed by atoms with E-state index in [-0.39, 0.29) is 0 Å². The Balaban J connectivity index is 2.07. The van der Waals surface area contributed by atoms with Gasteiger partial charge in [0, 0.05) is 20.2 Å². The van der Waals surface area contributed by atoms with Crippen molar-refractivity contribution >= 4 is 11.5 Å². The fraction of sp³-hybridized carbons (Fsp3) is 0.688. The smallest absolute Gasteiger partial charge is 0.129 e. The molecule has 0 saturated carbocycles. The Morgan fingerprint density at radius 1 is 1.33 bits per heavy atom. The molecule has 5 nitrogen and oxygen atoms in total. The maximum absolute atomic E-state index is 5.39. The van der Waals surface area contributed by atoms with Crippen molar-refractivity contribution in [1.29, 1.82) is 0 Å². The van der Waals surface area contributed by atoms with Crippen LogP contribution in [0.4, 0.5) is 11.5 Å². The first kappa shape index (κ1) is 16.0. The van der Waals surface area contributed by atoms with Gasteiger partial charge in [0.15, 0.2) is 0 Å². The lowest BCUT2D eigenvalue weighted by Crippen LogP contribution is -2.37. The summed E-state index contributed by atoms with van der Waals surface area (Å²) in [6.45, 7) is 10.5. The molecule has 0 aromatic carbocycles. The van der Waals surface area contributed by atoms with Gasteiger partial charge in [-0.3, -0.25) is 0 Å². The minimum atomic E-state index is 0.296. The zero-order valence-electron chi connectivity index (χ0n) is 13.6. The number of aromatic nitrogens is 1. The Bertz CT molecular complexity index is 445. The van der Waals surface area contributed by atoms with E-state index < -0.39 is 0 Å². The van der Waals surface area contributed by atoms with Crippen LogP contribution in [0.25, 0.3) is 0 Å². The highest BCUT2D eigenvalue weighted by atomic mass is 16.5. The van der Waals surface area contributed by atoms with E-state index >= 15 is 0 Å². The van der Waals surface area contributed by atoms with E-state index in [4.69, 9.17) is 14.5 Å². The summed E-state index contributed by atoms with van der Waals surface area (Å²) in [5.74, 6) is 1.54. The summed E-state index contributed by atoms with van der Waals surface area (Å²) in [5.41, 5.74) is 2.11. The van der Waals surface area contributed by atoms with E-state index in [1.54, 1.807) is 7.11 Å². The molecule has 0 aliphatic carbocycles. The summed E-state index contributed by atoms with van der Waals surface area (Å²) in [4.78, 5) is 7.01. The normalized spacial score (nSPS) is 17.1. The Hall–Kier alpha value is -1.33. The maximum Gasteiger partial charge on any atom is 0.129 e. The molecule has 1 saturated heterocycles. The number of hydrogen-bond acceptors (Lipinski definition) is 5. The fourth-order valence-corrected chi connectivity index (χ4v) is 2.45. The van der Waals surface area contributed by atoms with Crippen molar-refractivity contribution in [1.82, 2.24) is 4.98 Å². The second kappa shape index (κ2) is 7.61. The molecule has 0 unspecified atom stereocenters. The Morgan fingerprint density at radius 2 is 2.05 bits per heavy atom. The minimum absolute atomic E-state index is 0.296. The topological polar surface area (TPSA) is 46.6 Å². The quantitative estimate of drug-likeness (QED) is 0.872. The molecule has 1 N–H and O–H groups in total. The highest BCUT2D eigenvalue weighted by molar-refractivity contribution is 5.54. The summed E-state index contributed by atoms with van der Waals surface area (Å²) < 4.78 is 10.7. The molecule has 0 spiro atoms. The summed E-state index contributed by atoms with van der Waals surface area (Å²) in [5, 5.41) is 3.55. The molecule has 21 heavy (non-hydrogen) atoms. The van der Waals surface area contributed by atoms with Crippen LogP contribution in [0, 0.1) is 12.8 Å². The number of hydrogen-bond donors (Lipinski definition) is 1. The van der Waals surface area contributed by atoms with Crippen molar-refractivity contribution in [3.8, 4) is 0 Å². The van der Waals surface area contributed by atoms with Crippen molar-refractivity contribution in [2.45, 2.75) is 26.8 Å². The van der Waals surface area contributed by atoms with Gasteiger partial charge in [-0.15, -0.1) is 0 Å². The molecule has 1 atom stereocenters. The number of methoxy groups -OCH3 is 1. The third-order valence-electron chi connectivity index (χ3n) is 3.90. The molecule has 1 aromatic heterocycles. The van der Waals surface area contributed by atoms with E-state index in [0.717, 1.165) is 43.5 Å². The van der Waals surface area contributed by atoms with Crippen molar-refractivity contribution < 1.29 is 9.47 Å². The Morgan fingerprint density at radius 3 is 2.62 bits per heavy atom. The number of ether oxygens (including phenoxy) is 2. The van der Waals surface area contributed by atoms with Crippen LogP contribution >= 0.6 is 0 Å². The maximum atomic E-state index is 5.39. The highest BCUT2D eigenvalue weighted by Crippen LogP contribution is 2.21. The summed E-state index contributed by atoms with van der Waals surface area (Å²) in [7, 11) is 1.74. The van der Waals surface area contributed by atoms with Gasteiger partial charge in [0.2, 0.25) is 0 Å². The molecular formula is C16H27N3O2. The molecule has 2 rings (SSSR count). The average molecular weight is 293 g/mol. The average Bonchev–Trinajstić information content (AvgIpc) is 2.49. The van der Waals surface area contributed by atoms with Gasteiger partial charge in [0.25, 0.3) is 0 Å². The van der Waals surface area contributed by atoms with E-state index in [2.05, 4.69) is 43.1 Å². The molecule has 1 fully saturated rings. The van der Waals surface area contributed by atoms with Crippen molar-refractivity contribution in [2.24, 2.45) is 5.92 Å². The largest absolute Gasteiger partial charge is 0.383 e. The summed E-state index contributed by atoms with van der Waals surface area (Å²) >= 11 is 0. The predicted molar refractivity (Wildman–Crippen MR) is 86.1 cm³/mol. The molecular weight excluding hydrogens is 266 g/mol. The Kier molecular flexibility index (Phi) is 5.82. The zero-order valence-corrected chi connectivity index (χ0v) is 13.6. The highest BCUT2D eigenvalue weighted by Gasteiger charge is 2.16. The number of aryl methyl sites for hydroxylation is 1. The molecule has 2 heterocycles. The van der Waals surface area contributed by atoms with Crippen LogP contribution in [0.15, 0.2) is 12.1 Å². The Labute approximate surface area is 127 Å². The molecule has 5 heteroatoms. The molecule has 0 bridgehead atoms. The van der Waals surface area contributed by atoms with Gasteiger partial charge in [0.1, 0.15) is 5.82 Å². The number of nitrogens with zero attached hydrogens (tertiary/aromatic N) is 2. The van der Waals surface area contributed by atoms with Crippen LogP contribution in [0.3, 0.4) is 0 Å². The summed E-state index contributed by atoms with van der Waals surface area (Å²) in [6, 6.07) is 4.51. The fourth-order valence-electron chi connectivity index (χ4n) is 2.45. The second-order valence-corrected chi connectivity index (χ2v) is 5.85. The number of nitrogens with one attached hydrogen (secondary N) is 1. The predicted octanol–water partition coefficient (Wildman–Crippen LogP) is 2.31. The monoisotopic (exact) mass is 293 g/mol. The third kappa shape index (κ3) is 4.32. The van der Waals surface area contributed by atoms with E-state index in [1.165, 1.54) is 0 Å². The van der Waals surface area contributed by atoms with Gasteiger partial charge in [-0.2, -0.15) is 0 Å². The first-order chi connectivity index (χ1) is 10.1. The standard InChI is InChI=1S/C16H27N3O2/c1-12(2)15(11-20-4)18-14-5-6-16(17-13(14)3)19-7-9-21-10-8-19/h5-6,12,15,18H,7-11H2,1-4H3/t15-/m0/s1. The van der Waals surface area contributed by atoms with Crippen molar-refractivity contribution in [3.63, 3.8) is 0 Å². The molecule has 118 valence electrons. The van der Waals surface area contributed by atoms with Crippen LogP contribution < -0.4 is 10.2 Å². The van der Waals surface area contributed by atoms with Crippen LogP contribution in [0.1, 0.15) is 19.5 Å². The lowest BCUT2D eigenvalue weighted by molar-refractivity contribution is 0.122. The second-order valence-electron chi connectivity index (χ2n) is 5.85. The van der Waals surface area contributed by atoms with Crippen LogP contribution in [0.2, 0.25) is 0 Å². The first-order valence-corrected chi connectivity index (χ1v) is 7.67. The number of morpholine rings is 1. The lowest BCUT2D eigenvalue weighted by atomic mass is 10.0. The van der Waals surface area contributed by atoms with Crippen LogP contribution in [-0.4, -0.2) is 51.0 Å². The minimum Gasteiger partial charge on any atom is -0.383 e. The van der Waals surface area contributed by atoms with Gasteiger partial charge in [-0.05, 0) is 25.0 Å². The van der Waals surface area contributed by atoms with E-state index in [9.17, 15) is 0 Å².